The number of aromatic nitrogens is 1. The van der Waals surface area contributed by atoms with Crippen molar-refractivity contribution in [2.75, 3.05) is 30.3 Å². The molecule has 5 rings (SSSR count). The lowest BCUT2D eigenvalue weighted by Gasteiger charge is -2.18. The van der Waals surface area contributed by atoms with Crippen LogP contribution in [0.3, 0.4) is 0 Å². The molecule has 0 aliphatic carbocycles. The fourth-order valence-corrected chi connectivity index (χ4v) is 6.52. The van der Waals surface area contributed by atoms with Crippen LogP contribution in [0.1, 0.15) is 33.6 Å². The van der Waals surface area contributed by atoms with Gasteiger partial charge in [-0.2, -0.15) is 0 Å². The number of amides is 3. The van der Waals surface area contributed by atoms with Gasteiger partial charge < -0.3 is 10.6 Å². The van der Waals surface area contributed by atoms with E-state index in [9.17, 15) is 18.6 Å². The zero-order valence-electron chi connectivity index (χ0n) is 23.5. The summed E-state index contributed by atoms with van der Waals surface area (Å²) in [5, 5.41) is 6.17. The smallest absolute Gasteiger partial charge is 0.258 e. The van der Waals surface area contributed by atoms with Crippen LogP contribution in [-0.2, 0) is 14.5 Å². The normalized spacial score (nSPS) is 14.4. The summed E-state index contributed by atoms with van der Waals surface area (Å²) in [5.74, 6) is 2.82. The monoisotopic (exact) mass is 649 g/mol. The maximum atomic E-state index is 13.6. The van der Waals surface area contributed by atoms with Crippen LogP contribution in [-0.4, -0.2) is 57.3 Å². The molecule has 1 atom stereocenters. The number of nitrogens with one attached hydrogen (secondary N) is 3. The van der Waals surface area contributed by atoms with Gasteiger partial charge in [0.1, 0.15) is 5.82 Å². The first-order chi connectivity index (χ1) is 21.1. The number of nitrogens with zero attached hydrogens (tertiary/aromatic N) is 2. The molecule has 1 aliphatic rings. The molecule has 0 bridgehead atoms. The van der Waals surface area contributed by atoms with Gasteiger partial charge in [0, 0.05) is 16.8 Å². The lowest BCUT2D eigenvalue weighted by molar-refractivity contribution is -0.120. The molecule has 226 valence electrons. The van der Waals surface area contributed by atoms with Crippen molar-refractivity contribution < 1.29 is 18.6 Å². The molecule has 1 unspecified atom stereocenters. The number of hydrogen-bond donors (Lipinski definition) is 3. The van der Waals surface area contributed by atoms with E-state index < -0.39 is 21.5 Å². The quantitative estimate of drug-likeness (QED) is 0.198. The first-order valence-corrected chi connectivity index (χ1v) is 16.2. The Morgan fingerprint density at radius 1 is 0.864 bits per heavy atom. The average Bonchev–Trinajstić information content (AvgIpc) is 3.52. The number of pyridine rings is 1. The number of benzene rings is 3. The maximum absolute atomic E-state index is 13.6. The van der Waals surface area contributed by atoms with E-state index in [0.717, 1.165) is 25.9 Å². The van der Waals surface area contributed by atoms with Crippen molar-refractivity contribution in [3.63, 3.8) is 0 Å². The molecule has 0 radical (unpaired) electrons. The van der Waals surface area contributed by atoms with Gasteiger partial charge in [0.15, 0.2) is 0 Å². The van der Waals surface area contributed by atoms with Crippen molar-refractivity contribution in [3.05, 3.63) is 106 Å². The number of hydrogen-bond acceptors (Lipinski definition) is 6. The Morgan fingerprint density at radius 2 is 1.57 bits per heavy atom. The summed E-state index contributed by atoms with van der Waals surface area (Å²) in [7, 11) is -3.15. The minimum atomic E-state index is -3.15. The van der Waals surface area contributed by atoms with Crippen molar-refractivity contribution in [3.8, 4) is 11.1 Å². The van der Waals surface area contributed by atoms with Gasteiger partial charge in [-0.1, -0.05) is 53.5 Å². The highest BCUT2D eigenvalue weighted by atomic mass is 35.5. The fourth-order valence-electron chi connectivity index (χ4n) is 4.85. The number of rotatable bonds is 9. The van der Waals surface area contributed by atoms with E-state index in [0.29, 0.717) is 31.6 Å². The van der Waals surface area contributed by atoms with E-state index in [-0.39, 0.29) is 29.5 Å². The van der Waals surface area contributed by atoms with Gasteiger partial charge in [0.05, 0.1) is 37.4 Å². The summed E-state index contributed by atoms with van der Waals surface area (Å²) < 4.78 is 16.2. The standard InChI is InChI=1S/C32H29Cl2N5O4S/c1-44(43,38-30(40)20-39-16-4-5-17-39)28-7-3-2-6-25(28)21-8-10-22(11-9-21)31(41)36-27-14-12-23(33)18-26(27)32(42)37-29-15-13-24(34)19-35-29/h2-3,6-15,18-19H,1,4-5,16-17,20H2,(H,36,41)(H,35,37,42)(H,38,40,43). The summed E-state index contributed by atoms with van der Waals surface area (Å²) in [5.41, 5.74) is 2.02. The molecule has 4 aromatic rings. The largest absolute Gasteiger partial charge is 0.321 e. The summed E-state index contributed by atoms with van der Waals surface area (Å²) in [6.07, 6.45) is 3.49. The van der Waals surface area contributed by atoms with Gasteiger partial charge in [0.25, 0.3) is 11.8 Å². The van der Waals surface area contributed by atoms with Crippen molar-refractivity contribution in [2.24, 2.45) is 0 Å². The minimum absolute atomic E-state index is 0.144. The molecule has 12 heteroatoms. The maximum Gasteiger partial charge on any atom is 0.258 e. The Hall–Kier alpha value is -4.22. The van der Waals surface area contributed by atoms with Crippen LogP contribution in [0, 0.1) is 0 Å². The van der Waals surface area contributed by atoms with E-state index in [1.165, 1.54) is 18.3 Å². The first kappa shape index (κ1) is 31.2. The van der Waals surface area contributed by atoms with Gasteiger partial charge in [-0.05, 0) is 91.5 Å². The Balaban J connectivity index is 1.31. The zero-order chi connectivity index (χ0) is 31.3. The molecule has 9 nitrogen and oxygen atoms in total. The number of halogens is 2. The molecule has 44 heavy (non-hydrogen) atoms. The topological polar surface area (TPSA) is 121 Å². The molecule has 0 spiro atoms. The molecule has 0 saturated carbocycles. The van der Waals surface area contributed by atoms with Gasteiger partial charge in [-0.15, -0.1) is 0 Å². The second-order valence-electron chi connectivity index (χ2n) is 10.2. The first-order valence-electron chi connectivity index (χ1n) is 13.7. The third-order valence-electron chi connectivity index (χ3n) is 6.99. The lowest BCUT2D eigenvalue weighted by atomic mass is 10.0. The van der Waals surface area contributed by atoms with Crippen LogP contribution in [0.4, 0.5) is 11.5 Å². The van der Waals surface area contributed by atoms with Crippen molar-refractivity contribution in [1.29, 1.82) is 0 Å². The molecule has 1 aliphatic heterocycles. The molecule has 3 aromatic carbocycles. The van der Waals surface area contributed by atoms with Crippen LogP contribution >= 0.6 is 23.2 Å². The lowest BCUT2D eigenvalue weighted by Crippen LogP contribution is -2.39. The van der Waals surface area contributed by atoms with E-state index in [1.807, 2.05) is 4.90 Å². The van der Waals surface area contributed by atoms with E-state index in [4.69, 9.17) is 23.2 Å². The van der Waals surface area contributed by atoms with Gasteiger partial charge in [-0.25, -0.2) is 9.19 Å². The second-order valence-corrected chi connectivity index (χ2v) is 13.1. The predicted octanol–water partition coefficient (Wildman–Crippen LogP) is 5.76. The van der Waals surface area contributed by atoms with Crippen LogP contribution in [0.5, 0.6) is 0 Å². The average molecular weight is 651 g/mol. The SMILES string of the molecule is C=S(=O)(NC(=O)CN1CCCC1)c1ccccc1-c1ccc(C(=O)Nc2ccc(Cl)cc2C(=O)Nc2ccc(Cl)cn2)cc1. The van der Waals surface area contributed by atoms with Gasteiger partial charge >= 0.3 is 0 Å². The highest BCUT2D eigenvalue weighted by Gasteiger charge is 2.21. The number of carbonyl (C=O) groups excluding carboxylic acids is 3. The molecule has 2 heterocycles. The molecule has 1 fully saturated rings. The van der Waals surface area contributed by atoms with Gasteiger partial charge in [-0.3, -0.25) is 24.0 Å². The Bertz CT molecular complexity index is 1810. The number of carbonyl (C=O) groups is 3. The van der Waals surface area contributed by atoms with E-state index >= 15 is 0 Å². The Labute approximate surface area is 265 Å². The van der Waals surface area contributed by atoms with E-state index in [1.54, 1.807) is 66.7 Å². The van der Waals surface area contributed by atoms with Crippen molar-refractivity contribution in [1.82, 2.24) is 14.6 Å². The third-order valence-corrected chi connectivity index (χ3v) is 9.07. The van der Waals surface area contributed by atoms with Crippen molar-refractivity contribution in [2.45, 2.75) is 17.7 Å². The van der Waals surface area contributed by atoms with Crippen LogP contribution in [0.25, 0.3) is 11.1 Å². The summed E-state index contributed by atoms with van der Waals surface area (Å²) in [6.45, 7) is 1.86. The van der Waals surface area contributed by atoms with Gasteiger partial charge in [0.2, 0.25) is 5.91 Å². The molecule has 3 amide bonds. The zero-order valence-corrected chi connectivity index (χ0v) is 25.8. The molecule has 1 saturated heterocycles. The fraction of sp³-hybridized carbons (Fsp3) is 0.156. The summed E-state index contributed by atoms with van der Waals surface area (Å²) in [4.78, 5) is 45.3. The molecule has 3 N–H and O–H groups in total. The third kappa shape index (κ3) is 7.64. The van der Waals surface area contributed by atoms with E-state index in [2.05, 4.69) is 26.2 Å². The summed E-state index contributed by atoms with van der Waals surface area (Å²) >= 11 is 12.0. The highest BCUT2D eigenvalue weighted by Crippen LogP contribution is 2.28. The van der Waals surface area contributed by atoms with Crippen LogP contribution in [0.2, 0.25) is 10.0 Å². The second kappa shape index (κ2) is 13.6. The Morgan fingerprint density at radius 3 is 2.27 bits per heavy atom. The van der Waals surface area contributed by atoms with Crippen molar-refractivity contribution >= 4 is 68.0 Å². The van der Waals surface area contributed by atoms with Crippen LogP contribution < -0.4 is 15.4 Å². The predicted molar refractivity (Wildman–Crippen MR) is 176 cm³/mol. The number of likely N-dealkylation sites (tertiary alicyclic amines) is 1. The van der Waals surface area contributed by atoms with Crippen LogP contribution in [0.15, 0.2) is 90.0 Å². The highest BCUT2D eigenvalue weighted by molar-refractivity contribution is 7.99. The summed E-state index contributed by atoms with van der Waals surface area (Å²) in [6, 6.07) is 21.4. The molecule has 1 aromatic heterocycles. The minimum Gasteiger partial charge on any atom is -0.321 e. The number of anilines is 2. The molecular weight excluding hydrogens is 621 g/mol. The Kier molecular flexibility index (Phi) is 9.65. The molecular formula is C32H29Cl2N5O4S.